The van der Waals surface area contributed by atoms with Crippen molar-refractivity contribution in [3.8, 4) is 0 Å². The van der Waals surface area contributed by atoms with E-state index in [0.717, 1.165) is 25.7 Å². The molecule has 4 unspecified atom stereocenters. The van der Waals surface area contributed by atoms with E-state index in [4.69, 9.17) is 18.9 Å². The summed E-state index contributed by atoms with van der Waals surface area (Å²) in [5.74, 6) is -2.76. The van der Waals surface area contributed by atoms with Gasteiger partial charge in [0.1, 0.15) is 37.3 Å². The fourth-order valence-corrected chi connectivity index (χ4v) is 3.74. The van der Waals surface area contributed by atoms with Crippen molar-refractivity contribution in [2.24, 2.45) is 0 Å². The fraction of sp³-hybridized carbons (Fsp3) is 0.778. The predicted molar refractivity (Wildman–Crippen MR) is 85.7 cm³/mol. The number of carbonyl (C=O) groups excluding carboxylic acids is 4. The highest BCUT2D eigenvalue weighted by molar-refractivity contribution is 5.92. The third kappa shape index (κ3) is 4.95. The third-order valence-corrected chi connectivity index (χ3v) is 4.99. The zero-order valence-electron chi connectivity index (χ0n) is 14.6. The molecule has 4 atom stereocenters. The molecule has 26 heavy (non-hydrogen) atoms. The van der Waals surface area contributed by atoms with Crippen LogP contribution in [0.4, 0.5) is 0 Å². The first-order valence-corrected chi connectivity index (χ1v) is 9.29. The van der Waals surface area contributed by atoms with E-state index in [1.165, 1.54) is 0 Å². The van der Waals surface area contributed by atoms with Crippen molar-refractivity contribution in [1.29, 1.82) is 0 Å². The molecule has 0 bridgehead atoms. The van der Waals surface area contributed by atoms with Gasteiger partial charge in [-0.2, -0.15) is 0 Å². The quantitative estimate of drug-likeness (QED) is 0.360. The van der Waals surface area contributed by atoms with E-state index >= 15 is 0 Å². The average Bonchev–Trinajstić information content (AvgIpc) is 2.57. The SMILES string of the molecule is O=C1CC(=O)OC2CCCCC2OC(=O)CC(=O)OC2CCCCC2O1. The monoisotopic (exact) mass is 368 g/mol. The smallest absolute Gasteiger partial charge is 0.317 e. The van der Waals surface area contributed by atoms with Gasteiger partial charge in [-0.15, -0.1) is 0 Å². The van der Waals surface area contributed by atoms with E-state index in [9.17, 15) is 19.2 Å². The number of esters is 4. The van der Waals surface area contributed by atoms with Gasteiger partial charge in [-0.3, -0.25) is 19.2 Å². The number of ether oxygens (including phenoxy) is 4. The van der Waals surface area contributed by atoms with Crippen LogP contribution in [0.15, 0.2) is 0 Å². The van der Waals surface area contributed by atoms with Crippen molar-refractivity contribution >= 4 is 23.9 Å². The lowest BCUT2D eigenvalue weighted by atomic mass is 9.94. The molecule has 0 N–H and O–H groups in total. The minimum absolute atomic E-state index is 0.506. The normalized spacial score (nSPS) is 34.2. The minimum Gasteiger partial charge on any atom is -0.458 e. The Morgan fingerprint density at radius 2 is 0.692 bits per heavy atom. The van der Waals surface area contributed by atoms with Crippen molar-refractivity contribution in [2.75, 3.05) is 0 Å². The largest absolute Gasteiger partial charge is 0.458 e. The lowest BCUT2D eigenvalue weighted by Gasteiger charge is -2.32. The van der Waals surface area contributed by atoms with Gasteiger partial charge in [0.2, 0.25) is 0 Å². The third-order valence-electron chi connectivity index (χ3n) is 4.99. The Hall–Kier alpha value is -2.12. The molecule has 0 aromatic heterocycles. The Bertz CT molecular complexity index is 474. The van der Waals surface area contributed by atoms with Gasteiger partial charge in [-0.1, -0.05) is 0 Å². The number of carbonyl (C=O) groups is 4. The molecule has 1 aliphatic heterocycles. The number of rotatable bonds is 0. The average molecular weight is 368 g/mol. The topological polar surface area (TPSA) is 105 Å². The van der Waals surface area contributed by atoms with Crippen LogP contribution in [0.3, 0.4) is 0 Å². The van der Waals surface area contributed by atoms with Crippen LogP contribution in [0.5, 0.6) is 0 Å². The molecule has 2 saturated carbocycles. The van der Waals surface area contributed by atoms with Gasteiger partial charge in [0.15, 0.2) is 0 Å². The summed E-state index contributed by atoms with van der Waals surface area (Å²) in [5.41, 5.74) is 0. The van der Waals surface area contributed by atoms with E-state index in [1.807, 2.05) is 0 Å². The molecule has 8 nitrogen and oxygen atoms in total. The van der Waals surface area contributed by atoms with Crippen LogP contribution in [-0.4, -0.2) is 48.3 Å². The molecule has 1 saturated heterocycles. The van der Waals surface area contributed by atoms with Gasteiger partial charge < -0.3 is 18.9 Å². The first kappa shape index (κ1) is 18.7. The molecule has 0 amide bonds. The Morgan fingerprint density at radius 1 is 0.462 bits per heavy atom. The van der Waals surface area contributed by atoms with E-state index in [-0.39, 0.29) is 0 Å². The molecule has 1 heterocycles. The van der Waals surface area contributed by atoms with Crippen molar-refractivity contribution < 1.29 is 38.1 Å². The van der Waals surface area contributed by atoms with Crippen molar-refractivity contribution in [1.82, 2.24) is 0 Å². The number of hydrogen-bond donors (Lipinski definition) is 0. The van der Waals surface area contributed by atoms with E-state index in [1.54, 1.807) is 0 Å². The Morgan fingerprint density at radius 3 is 0.923 bits per heavy atom. The van der Waals surface area contributed by atoms with Gasteiger partial charge in [0, 0.05) is 0 Å². The standard InChI is InChI=1S/C18H24O8/c19-15-9-17(21)25-13-7-3-4-8-14(13)26-18(22)10-16(20)24-12-6-2-1-5-11(12)23-15/h11-14H,1-10H2. The molecular formula is C18H24O8. The molecule has 144 valence electrons. The summed E-state index contributed by atoms with van der Waals surface area (Å²) >= 11 is 0. The summed E-state index contributed by atoms with van der Waals surface area (Å²) in [5, 5.41) is 0. The summed E-state index contributed by atoms with van der Waals surface area (Å²) in [6.07, 6.45) is 2.12. The Balaban J connectivity index is 1.73. The molecule has 8 heteroatoms. The van der Waals surface area contributed by atoms with E-state index in [0.29, 0.717) is 25.7 Å². The summed E-state index contributed by atoms with van der Waals surface area (Å²) in [7, 11) is 0. The second-order valence-electron chi connectivity index (χ2n) is 7.04. The minimum atomic E-state index is -0.690. The number of fused-ring (bicyclic) bond motifs is 2. The second kappa shape index (κ2) is 8.51. The van der Waals surface area contributed by atoms with E-state index < -0.39 is 61.1 Å². The Kier molecular flexibility index (Phi) is 6.11. The highest BCUT2D eigenvalue weighted by Crippen LogP contribution is 2.27. The maximum atomic E-state index is 12.1. The molecule has 3 fully saturated rings. The van der Waals surface area contributed by atoms with Crippen LogP contribution in [0.25, 0.3) is 0 Å². The zero-order valence-corrected chi connectivity index (χ0v) is 14.6. The first-order valence-electron chi connectivity index (χ1n) is 9.29. The van der Waals surface area contributed by atoms with Gasteiger partial charge in [0.05, 0.1) is 0 Å². The summed E-state index contributed by atoms with van der Waals surface area (Å²) in [4.78, 5) is 48.3. The molecular weight excluding hydrogens is 344 g/mol. The summed E-state index contributed by atoms with van der Waals surface area (Å²) in [6, 6.07) is 0. The number of hydrogen-bond acceptors (Lipinski definition) is 8. The summed E-state index contributed by atoms with van der Waals surface area (Å²) < 4.78 is 21.4. The van der Waals surface area contributed by atoms with Crippen LogP contribution in [0, 0.1) is 0 Å². The molecule has 0 aromatic carbocycles. The van der Waals surface area contributed by atoms with Crippen molar-refractivity contribution in [3.05, 3.63) is 0 Å². The highest BCUT2D eigenvalue weighted by Gasteiger charge is 2.36. The molecule has 3 aliphatic rings. The first-order chi connectivity index (χ1) is 12.5. The van der Waals surface area contributed by atoms with E-state index in [2.05, 4.69) is 0 Å². The second-order valence-corrected chi connectivity index (χ2v) is 7.04. The van der Waals surface area contributed by atoms with Crippen LogP contribution in [0.2, 0.25) is 0 Å². The maximum Gasteiger partial charge on any atom is 0.317 e. The van der Waals surface area contributed by atoms with Crippen LogP contribution in [-0.2, 0) is 38.1 Å². The lowest BCUT2D eigenvalue weighted by Crippen LogP contribution is -2.41. The molecule has 0 radical (unpaired) electrons. The van der Waals surface area contributed by atoms with Crippen molar-refractivity contribution in [3.63, 3.8) is 0 Å². The summed E-state index contributed by atoms with van der Waals surface area (Å²) in [6.45, 7) is 0. The van der Waals surface area contributed by atoms with Gasteiger partial charge in [0.25, 0.3) is 0 Å². The highest BCUT2D eigenvalue weighted by atomic mass is 16.6. The van der Waals surface area contributed by atoms with Gasteiger partial charge in [-0.25, -0.2) is 0 Å². The van der Waals surface area contributed by atoms with Gasteiger partial charge >= 0.3 is 23.9 Å². The zero-order chi connectivity index (χ0) is 18.5. The lowest BCUT2D eigenvalue weighted by molar-refractivity contribution is -0.185. The van der Waals surface area contributed by atoms with Crippen LogP contribution in [0.1, 0.15) is 64.2 Å². The van der Waals surface area contributed by atoms with Crippen LogP contribution < -0.4 is 0 Å². The predicted octanol–water partition coefficient (Wildman–Crippen LogP) is 1.58. The van der Waals surface area contributed by atoms with Crippen LogP contribution >= 0.6 is 0 Å². The maximum absolute atomic E-state index is 12.1. The molecule has 0 spiro atoms. The Labute approximate surface area is 151 Å². The van der Waals surface area contributed by atoms with Gasteiger partial charge in [-0.05, 0) is 51.4 Å². The van der Waals surface area contributed by atoms with Crippen molar-refractivity contribution in [2.45, 2.75) is 88.6 Å². The molecule has 2 aliphatic carbocycles. The fourth-order valence-electron chi connectivity index (χ4n) is 3.74. The molecule has 0 aromatic rings. The molecule has 3 rings (SSSR count).